The van der Waals surface area contributed by atoms with E-state index in [1.807, 2.05) is 13.8 Å². The monoisotopic (exact) mass is 287 g/mol. The number of hydrogen-bond donors (Lipinski definition) is 3. The molecule has 0 saturated carbocycles. The molecule has 0 spiro atoms. The third-order valence-corrected chi connectivity index (χ3v) is 2.99. The van der Waals surface area contributed by atoms with E-state index in [9.17, 15) is 14.4 Å². The van der Waals surface area contributed by atoms with Crippen molar-refractivity contribution in [2.75, 3.05) is 19.7 Å². The summed E-state index contributed by atoms with van der Waals surface area (Å²) in [5.74, 6) is -1.79. The number of ether oxygens (including phenoxy) is 1. The predicted molar refractivity (Wildman–Crippen MR) is 70.0 cm³/mol. The SMILES string of the molecule is CC1(C)CN(C(=O)NC(CCC(N)=O)C(=O)O)CCO1. The second kappa shape index (κ2) is 6.56. The van der Waals surface area contributed by atoms with E-state index in [4.69, 9.17) is 15.6 Å². The zero-order chi connectivity index (χ0) is 15.3. The first kappa shape index (κ1) is 16.2. The van der Waals surface area contributed by atoms with E-state index in [0.717, 1.165) is 0 Å². The average Bonchev–Trinajstić information content (AvgIpc) is 2.32. The van der Waals surface area contributed by atoms with E-state index in [1.165, 1.54) is 4.90 Å². The van der Waals surface area contributed by atoms with E-state index >= 15 is 0 Å². The number of nitrogens with two attached hydrogens (primary N) is 1. The van der Waals surface area contributed by atoms with Crippen LogP contribution in [-0.2, 0) is 14.3 Å². The quantitative estimate of drug-likeness (QED) is 0.630. The number of carbonyl (C=O) groups excluding carboxylic acids is 2. The average molecular weight is 287 g/mol. The summed E-state index contributed by atoms with van der Waals surface area (Å²) in [4.78, 5) is 35.3. The highest BCUT2D eigenvalue weighted by molar-refractivity contribution is 5.83. The van der Waals surface area contributed by atoms with Crippen molar-refractivity contribution in [1.29, 1.82) is 0 Å². The molecule has 1 aliphatic rings. The maximum absolute atomic E-state index is 12.0. The number of urea groups is 1. The molecule has 20 heavy (non-hydrogen) atoms. The first-order chi connectivity index (χ1) is 9.21. The highest BCUT2D eigenvalue weighted by atomic mass is 16.5. The predicted octanol–water partition coefficient (Wildman–Crippen LogP) is -0.474. The number of hydrogen-bond acceptors (Lipinski definition) is 4. The van der Waals surface area contributed by atoms with Gasteiger partial charge in [-0.05, 0) is 20.3 Å². The van der Waals surface area contributed by atoms with E-state index in [2.05, 4.69) is 5.32 Å². The zero-order valence-corrected chi connectivity index (χ0v) is 11.7. The Kier molecular flexibility index (Phi) is 5.32. The number of primary amides is 1. The van der Waals surface area contributed by atoms with Gasteiger partial charge in [-0.1, -0.05) is 0 Å². The Morgan fingerprint density at radius 2 is 2.10 bits per heavy atom. The number of amides is 3. The van der Waals surface area contributed by atoms with E-state index in [0.29, 0.717) is 19.7 Å². The van der Waals surface area contributed by atoms with Crippen molar-refractivity contribution in [2.24, 2.45) is 5.73 Å². The van der Waals surface area contributed by atoms with E-state index in [-0.39, 0.29) is 12.8 Å². The number of morpholine rings is 1. The fraction of sp³-hybridized carbons (Fsp3) is 0.750. The molecule has 1 aliphatic heterocycles. The molecule has 0 aromatic rings. The molecule has 0 bridgehead atoms. The van der Waals surface area contributed by atoms with Gasteiger partial charge in [0.1, 0.15) is 6.04 Å². The van der Waals surface area contributed by atoms with Crippen molar-refractivity contribution in [3.8, 4) is 0 Å². The summed E-state index contributed by atoms with van der Waals surface area (Å²) in [6.07, 6.45) is -0.115. The van der Waals surface area contributed by atoms with E-state index in [1.54, 1.807) is 0 Å². The van der Waals surface area contributed by atoms with Crippen LogP contribution in [0.15, 0.2) is 0 Å². The minimum atomic E-state index is -1.19. The molecule has 1 rings (SSSR count). The van der Waals surface area contributed by atoms with Crippen LogP contribution in [0.3, 0.4) is 0 Å². The molecule has 8 nitrogen and oxygen atoms in total. The van der Waals surface area contributed by atoms with Gasteiger partial charge in [-0.3, -0.25) is 4.79 Å². The van der Waals surface area contributed by atoms with Gasteiger partial charge in [-0.2, -0.15) is 0 Å². The number of carboxylic acids is 1. The normalized spacial score (nSPS) is 19.2. The van der Waals surface area contributed by atoms with Gasteiger partial charge in [0.2, 0.25) is 5.91 Å². The van der Waals surface area contributed by atoms with Crippen LogP contribution in [0.4, 0.5) is 4.79 Å². The van der Waals surface area contributed by atoms with Gasteiger partial charge in [0, 0.05) is 13.0 Å². The largest absolute Gasteiger partial charge is 0.480 e. The second-order valence-corrected chi connectivity index (χ2v) is 5.38. The highest BCUT2D eigenvalue weighted by Gasteiger charge is 2.31. The van der Waals surface area contributed by atoms with Crippen LogP contribution in [0, 0.1) is 0 Å². The molecule has 1 heterocycles. The maximum atomic E-state index is 12.0. The smallest absolute Gasteiger partial charge is 0.326 e. The fourth-order valence-electron chi connectivity index (χ4n) is 1.97. The Bertz CT molecular complexity index is 397. The van der Waals surface area contributed by atoms with Crippen LogP contribution in [-0.4, -0.2) is 59.3 Å². The molecular formula is C12H21N3O5. The number of nitrogens with one attached hydrogen (secondary N) is 1. The molecule has 0 aliphatic carbocycles. The molecule has 1 atom stereocenters. The molecular weight excluding hydrogens is 266 g/mol. The van der Waals surface area contributed by atoms with Crippen molar-refractivity contribution < 1.29 is 24.2 Å². The van der Waals surface area contributed by atoms with Crippen LogP contribution in [0.5, 0.6) is 0 Å². The van der Waals surface area contributed by atoms with Gasteiger partial charge >= 0.3 is 12.0 Å². The summed E-state index contributed by atoms with van der Waals surface area (Å²) in [6, 6.07) is -1.60. The third-order valence-electron chi connectivity index (χ3n) is 2.99. The lowest BCUT2D eigenvalue weighted by Gasteiger charge is -2.38. The third kappa shape index (κ3) is 5.04. The number of carboxylic acid groups (broad SMARTS) is 1. The second-order valence-electron chi connectivity index (χ2n) is 5.38. The van der Waals surface area contributed by atoms with Crippen molar-refractivity contribution in [2.45, 2.75) is 38.3 Å². The molecule has 1 fully saturated rings. The molecule has 0 aromatic heterocycles. The Morgan fingerprint density at radius 3 is 2.60 bits per heavy atom. The summed E-state index contributed by atoms with van der Waals surface area (Å²) in [7, 11) is 0. The molecule has 114 valence electrons. The van der Waals surface area contributed by atoms with Crippen LogP contribution >= 0.6 is 0 Å². The summed E-state index contributed by atoms with van der Waals surface area (Å²) < 4.78 is 5.48. The lowest BCUT2D eigenvalue weighted by Crippen LogP contribution is -2.56. The zero-order valence-electron chi connectivity index (χ0n) is 11.7. The number of rotatable bonds is 5. The molecule has 8 heteroatoms. The van der Waals surface area contributed by atoms with Crippen LogP contribution in [0.25, 0.3) is 0 Å². The molecule has 3 amide bonds. The van der Waals surface area contributed by atoms with Gasteiger partial charge in [-0.25, -0.2) is 9.59 Å². The summed E-state index contributed by atoms with van der Waals surface area (Å²) in [6.45, 7) is 4.89. The van der Waals surface area contributed by atoms with Crippen molar-refractivity contribution in [3.63, 3.8) is 0 Å². The summed E-state index contributed by atoms with van der Waals surface area (Å²) in [5.41, 5.74) is 4.52. The first-order valence-electron chi connectivity index (χ1n) is 6.42. The van der Waals surface area contributed by atoms with Crippen LogP contribution < -0.4 is 11.1 Å². The van der Waals surface area contributed by atoms with Crippen molar-refractivity contribution in [1.82, 2.24) is 10.2 Å². The summed E-state index contributed by atoms with van der Waals surface area (Å²) in [5, 5.41) is 11.4. The molecule has 1 saturated heterocycles. The molecule has 0 aromatic carbocycles. The minimum absolute atomic E-state index is 0.0237. The fourth-order valence-corrected chi connectivity index (χ4v) is 1.97. The lowest BCUT2D eigenvalue weighted by atomic mass is 10.1. The standard InChI is InChI=1S/C12H21N3O5/c1-12(2)7-15(5-6-20-12)11(19)14-8(10(17)18)3-4-9(13)16/h8H,3-7H2,1-2H3,(H2,13,16)(H,14,19)(H,17,18). The van der Waals surface area contributed by atoms with E-state index < -0.39 is 29.6 Å². The Hall–Kier alpha value is -1.83. The first-order valence-corrected chi connectivity index (χ1v) is 6.42. The maximum Gasteiger partial charge on any atom is 0.326 e. The van der Waals surface area contributed by atoms with Gasteiger partial charge in [0.25, 0.3) is 0 Å². The van der Waals surface area contributed by atoms with Crippen molar-refractivity contribution in [3.05, 3.63) is 0 Å². The number of nitrogens with zero attached hydrogens (tertiary/aromatic N) is 1. The molecule has 1 unspecified atom stereocenters. The Labute approximate surface area is 117 Å². The Balaban J connectivity index is 2.57. The van der Waals surface area contributed by atoms with Gasteiger partial charge in [-0.15, -0.1) is 0 Å². The Morgan fingerprint density at radius 1 is 1.45 bits per heavy atom. The molecule has 0 radical (unpaired) electrons. The molecule has 4 N–H and O–H groups in total. The summed E-state index contributed by atoms with van der Waals surface area (Å²) >= 11 is 0. The number of aliphatic carboxylic acids is 1. The van der Waals surface area contributed by atoms with Gasteiger partial charge in [0.05, 0.1) is 18.8 Å². The van der Waals surface area contributed by atoms with Crippen molar-refractivity contribution >= 4 is 17.9 Å². The minimum Gasteiger partial charge on any atom is -0.480 e. The van der Waals surface area contributed by atoms with Crippen LogP contribution in [0.1, 0.15) is 26.7 Å². The van der Waals surface area contributed by atoms with Crippen LogP contribution in [0.2, 0.25) is 0 Å². The van der Waals surface area contributed by atoms with Gasteiger partial charge in [0.15, 0.2) is 0 Å². The van der Waals surface area contributed by atoms with Gasteiger partial charge < -0.3 is 25.8 Å². The lowest BCUT2D eigenvalue weighted by molar-refractivity contribution is -0.139. The number of carbonyl (C=O) groups is 3. The highest BCUT2D eigenvalue weighted by Crippen LogP contribution is 2.16. The topological polar surface area (TPSA) is 122 Å².